The molecule has 0 unspecified atom stereocenters. The molecule has 24 heavy (non-hydrogen) atoms. The van der Waals surface area contributed by atoms with E-state index in [2.05, 4.69) is 10.3 Å². The van der Waals surface area contributed by atoms with Gasteiger partial charge in [0.25, 0.3) is 0 Å². The molecule has 5 nitrogen and oxygen atoms in total. The predicted molar refractivity (Wildman–Crippen MR) is 90.9 cm³/mol. The smallest absolute Gasteiger partial charge is 0.162 e. The fourth-order valence-corrected chi connectivity index (χ4v) is 2.43. The Balaban J connectivity index is 2.04. The summed E-state index contributed by atoms with van der Waals surface area (Å²) in [7, 11) is 4.79. The Morgan fingerprint density at radius 1 is 0.958 bits per heavy atom. The molecule has 1 N–H and O–H groups in total. The molecule has 0 aliphatic rings. The number of nitrogens with zero attached hydrogens (tertiary/aromatic N) is 1. The highest BCUT2D eigenvalue weighted by atomic mass is 19.1. The summed E-state index contributed by atoms with van der Waals surface area (Å²) in [5.41, 5.74) is 1.10. The van der Waals surface area contributed by atoms with E-state index < -0.39 is 0 Å². The van der Waals surface area contributed by atoms with E-state index in [1.54, 1.807) is 57.8 Å². The Kier molecular flexibility index (Phi) is 4.37. The Hall–Kier alpha value is -3.02. The third-order valence-corrected chi connectivity index (χ3v) is 3.64. The molecule has 0 atom stereocenters. The average Bonchev–Trinajstić information content (AvgIpc) is 2.61. The highest BCUT2D eigenvalue weighted by Crippen LogP contribution is 2.37. The maximum atomic E-state index is 13.9. The molecule has 1 aromatic heterocycles. The first kappa shape index (κ1) is 15.9. The number of methoxy groups -OCH3 is 2. The van der Waals surface area contributed by atoms with Crippen molar-refractivity contribution in [2.24, 2.45) is 0 Å². The highest BCUT2D eigenvalue weighted by Gasteiger charge is 2.12. The van der Waals surface area contributed by atoms with Crippen molar-refractivity contribution in [3.63, 3.8) is 0 Å². The molecule has 3 aromatic rings. The summed E-state index contributed by atoms with van der Waals surface area (Å²) in [5.74, 6) is 1.72. The standard InChI is InChI=1S/C18H17FN2O3/c1-20-14-5-4-11(8-13(14)19)24-16-6-7-21-15-10-18(23-3)17(22-2)9-12(15)16/h4-10,20H,1-3H3. The number of hydrogen-bond acceptors (Lipinski definition) is 5. The van der Waals surface area contributed by atoms with Gasteiger partial charge in [-0.3, -0.25) is 4.98 Å². The second kappa shape index (κ2) is 6.62. The van der Waals surface area contributed by atoms with Crippen LogP contribution < -0.4 is 19.5 Å². The Morgan fingerprint density at radius 3 is 2.38 bits per heavy atom. The summed E-state index contributed by atoms with van der Waals surface area (Å²) in [4.78, 5) is 4.31. The molecule has 0 fully saturated rings. The van der Waals surface area contributed by atoms with Gasteiger partial charge in [-0.15, -0.1) is 0 Å². The first-order chi connectivity index (χ1) is 11.7. The van der Waals surface area contributed by atoms with Crippen molar-refractivity contribution in [3.05, 3.63) is 48.4 Å². The van der Waals surface area contributed by atoms with E-state index in [9.17, 15) is 4.39 Å². The summed E-state index contributed by atoms with van der Waals surface area (Å²) in [6, 6.07) is 9.93. The topological polar surface area (TPSA) is 52.6 Å². The van der Waals surface area contributed by atoms with Crippen molar-refractivity contribution in [3.8, 4) is 23.0 Å². The Labute approximate surface area is 139 Å². The minimum atomic E-state index is -0.382. The maximum absolute atomic E-state index is 13.9. The molecule has 3 rings (SSSR count). The van der Waals surface area contributed by atoms with Crippen molar-refractivity contribution in [1.82, 2.24) is 4.98 Å². The molecule has 0 saturated carbocycles. The second-order valence-electron chi connectivity index (χ2n) is 5.03. The van der Waals surface area contributed by atoms with Crippen LogP contribution in [-0.4, -0.2) is 26.3 Å². The monoisotopic (exact) mass is 328 g/mol. The normalized spacial score (nSPS) is 10.5. The van der Waals surface area contributed by atoms with Crippen molar-refractivity contribution in [2.45, 2.75) is 0 Å². The number of halogens is 1. The summed E-state index contributed by atoms with van der Waals surface area (Å²) in [6.07, 6.45) is 1.63. The predicted octanol–water partition coefficient (Wildman–Crippen LogP) is 4.23. The van der Waals surface area contributed by atoms with Crippen LogP contribution in [-0.2, 0) is 0 Å². The van der Waals surface area contributed by atoms with Gasteiger partial charge >= 0.3 is 0 Å². The third-order valence-electron chi connectivity index (χ3n) is 3.64. The van der Waals surface area contributed by atoms with Gasteiger partial charge in [0.15, 0.2) is 11.5 Å². The number of anilines is 1. The number of ether oxygens (including phenoxy) is 3. The lowest BCUT2D eigenvalue weighted by Gasteiger charge is -2.12. The minimum Gasteiger partial charge on any atom is -0.493 e. The van der Waals surface area contributed by atoms with Crippen LogP contribution in [0.15, 0.2) is 42.6 Å². The van der Waals surface area contributed by atoms with Crippen molar-refractivity contribution < 1.29 is 18.6 Å². The van der Waals surface area contributed by atoms with Crippen LogP contribution in [0.5, 0.6) is 23.0 Å². The van der Waals surface area contributed by atoms with Crippen LogP contribution in [0.3, 0.4) is 0 Å². The SMILES string of the molecule is CNc1ccc(Oc2ccnc3cc(OC)c(OC)cc23)cc1F. The molecular formula is C18H17FN2O3. The number of aromatic nitrogens is 1. The van der Waals surface area contributed by atoms with Gasteiger partial charge in [-0.2, -0.15) is 0 Å². The molecule has 0 bridgehead atoms. The quantitative estimate of drug-likeness (QED) is 0.760. The molecular weight excluding hydrogens is 311 g/mol. The van der Waals surface area contributed by atoms with Gasteiger partial charge in [0.2, 0.25) is 0 Å². The zero-order chi connectivity index (χ0) is 17.1. The second-order valence-corrected chi connectivity index (χ2v) is 5.03. The first-order valence-electron chi connectivity index (χ1n) is 7.32. The van der Waals surface area contributed by atoms with Gasteiger partial charge in [-0.05, 0) is 24.3 Å². The van der Waals surface area contributed by atoms with Crippen molar-refractivity contribution >= 4 is 16.6 Å². The molecule has 0 spiro atoms. The average molecular weight is 328 g/mol. The number of benzene rings is 2. The van der Waals surface area contributed by atoms with E-state index in [1.807, 2.05) is 0 Å². The number of hydrogen-bond donors (Lipinski definition) is 1. The van der Waals surface area contributed by atoms with Gasteiger partial charge in [0.1, 0.15) is 17.3 Å². The van der Waals surface area contributed by atoms with E-state index in [1.165, 1.54) is 6.07 Å². The van der Waals surface area contributed by atoms with Crippen molar-refractivity contribution in [2.75, 3.05) is 26.6 Å². The summed E-state index contributed by atoms with van der Waals surface area (Å²) >= 11 is 0. The molecule has 1 heterocycles. The van der Waals surface area contributed by atoms with E-state index >= 15 is 0 Å². The van der Waals surface area contributed by atoms with E-state index in [4.69, 9.17) is 14.2 Å². The van der Waals surface area contributed by atoms with Crippen LogP contribution in [0.2, 0.25) is 0 Å². The summed E-state index contributed by atoms with van der Waals surface area (Å²) < 4.78 is 30.3. The van der Waals surface area contributed by atoms with Crippen molar-refractivity contribution in [1.29, 1.82) is 0 Å². The Morgan fingerprint density at radius 2 is 1.71 bits per heavy atom. The van der Waals surface area contributed by atoms with Crippen LogP contribution >= 0.6 is 0 Å². The number of rotatable bonds is 5. The highest BCUT2D eigenvalue weighted by molar-refractivity contribution is 5.88. The fraction of sp³-hybridized carbons (Fsp3) is 0.167. The molecule has 0 amide bonds. The summed E-state index contributed by atoms with van der Waals surface area (Å²) in [5, 5.41) is 3.52. The van der Waals surface area contributed by atoms with Crippen LogP contribution in [0.4, 0.5) is 10.1 Å². The van der Waals surface area contributed by atoms with Gasteiger partial charge in [0, 0.05) is 30.8 Å². The van der Waals surface area contributed by atoms with E-state index in [0.717, 1.165) is 5.39 Å². The number of pyridine rings is 1. The molecule has 2 aromatic carbocycles. The Bertz CT molecular complexity index is 884. The van der Waals surface area contributed by atoms with E-state index in [-0.39, 0.29) is 5.82 Å². The lowest BCUT2D eigenvalue weighted by Crippen LogP contribution is -1.95. The lowest BCUT2D eigenvalue weighted by molar-refractivity contribution is 0.355. The maximum Gasteiger partial charge on any atom is 0.162 e. The van der Waals surface area contributed by atoms with Gasteiger partial charge < -0.3 is 19.5 Å². The van der Waals surface area contributed by atoms with Gasteiger partial charge in [0.05, 0.1) is 25.4 Å². The van der Waals surface area contributed by atoms with Crippen LogP contribution in [0.25, 0.3) is 10.9 Å². The number of nitrogens with one attached hydrogen (secondary N) is 1. The van der Waals surface area contributed by atoms with Crippen LogP contribution in [0.1, 0.15) is 0 Å². The van der Waals surface area contributed by atoms with Gasteiger partial charge in [-0.25, -0.2) is 4.39 Å². The zero-order valence-corrected chi connectivity index (χ0v) is 13.6. The zero-order valence-electron chi connectivity index (χ0n) is 13.6. The molecule has 0 radical (unpaired) electrons. The van der Waals surface area contributed by atoms with Gasteiger partial charge in [-0.1, -0.05) is 0 Å². The van der Waals surface area contributed by atoms with E-state index in [0.29, 0.717) is 34.2 Å². The summed E-state index contributed by atoms with van der Waals surface area (Å²) in [6.45, 7) is 0. The van der Waals surface area contributed by atoms with Crippen LogP contribution in [0, 0.1) is 5.82 Å². The largest absolute Gasteiger partial charge is 0.493 e. The molecule has 0 saturated heterocycles. The fourth-order valence-electron chi connectivity index (χ4n) is 2.43. The molecule has 6 heteroatoms. The first-order valence-corrected chi connectivity index (χ1v) is 7.32. The third kappa shape index (κ3) is 2.90. The molecule has 0 aliphatic carbocycles. The molecule has 0 aliphatic heterocycles. The molecule has 124 valence electrons. The lowest BCUT2D eigenvalue weighted by atomic mass is 10.2. The number of fused-ring (bicyclic) bond motifs is 1. The minimum absolute atomic E-state index is 0.382.